The first-order valence-electron chi connectivity index (χ1n) is 7.25. The summed E-state index contributed by atoms with van der Waals surface area (Å²) in [5, 5.41) is 7.16. The zero-order valence-electron chi connectivity index (χ0n) is 12.2. The maximum Gasteiger partial charge on any atom is 0.106 e. The van der Waals surface area contributed by atoms with Gasteiger partial charge in [-0.15, -0.1) is 0 Å². The van der Waals surface area contributed by atoms with E-state index in [-0.39, 0.29) is 0 Å². The Morgan fingerprint density at radius 1 is 1.14 bits per heavy atom. The molecule has 0 bridgehead atoms. The molecule has 4 rings (SSSR count). The molecule has 0 amide bonds. The van der Waals surface area contributed by atoms with Crippen molar-refractivity contribution in [2.75, 3.05) is 17.2 Å². The van der Waals surface area contributed by atoms with E-state index in [9.17, 15) is 0 Å². The number of fused-ring (bicyclic) bond motifs is 2. The molecule has 2 aromatic carbocycles. The minimum Gasteiger partial charge on any atom is -0.381 e. The summed E-state index contributed by atoms with van der Waals surface area (Å²) < 4.78 is 2.13. The van der Waals surface area contributed by atoms with Crippen molar-refractivity contribution in [3.63, 3.8) is 0 Å². The lowest BCUT2D eigenvalue weighted by Gasteiger charge is -2.28. The number of nitrogens with one attached hydrogen (secondary N) is 2. The lowest BCUT2D eigenvalue weighted by Crippen LogP contribution is -2.25. The van der Waals surface area contributed by atoms with Crippen molar-refractivity contribution in [2.24, 2.45) is 7.05 Å². The van der Waals surface area contributed by atoms with E-state index in [4.69, 9.17) is 0 Å². The van der Waals surface area contributed by atoms with Gasteiger partial charge in [0, 0.05) is 13.6 Å². The average Bonchev–Trinajstić information content (AvgIpc) is 2.80. The van der Waals surface area contributed by atoms with Crippen molar-refractivity contribution in [1.82, 2.24) is 9.55 Å². The second kappa shape index (κ2) is 4.52. The monoisotopic (exact) mass is 278 g/mol. The zero-order chi connectivity index (χ0) is 14.4. The summed E-state index contributed by atoms with van der Waals surface area (Å²) in [6.07, 6.45) is 0. The van der Waals surface area contributed by atoms with Crippen LogP contribution in [-0.2, 0) is 7.05 Å². The van der Waals surface area contributed by atoms with Gasteiger partial charge in [-0.3, -0.25) is 0 Å². The van der Waals surface area contributed by atoms with Crippen LogP contribution < -0.4 is 10.6 Å². The predicted molar refractivity (Wildman–Crippen MR) is 86.7 cm³/mol. The number of aromatic nitrogens is 2. The van der Waals surface area contributed by atoms with E-state index >= 15 is 0 Å². The molecule has 0 saturated carbocycles. The summed E-state index contributed by atoms with van der Waals surface area (Å²) in [5.74, 6) is 1.03. The second-order valence-corrected chi connectivity index (χ2v) is 5.59. The van der Waals surface area contributed by atoms with Crippen LogP contribution in [0.2, 0.25) is 0 Å². The summed E-state index contributed by atoms with van der Waals surface area (Å²) in [5.41, 5.74) is 5.78. The molecule has 1 atom stereocenters. The zero-order valence-corrected chi connectivity index (χ0v) is 12.2. The van der Waals surface area contributed by atoms with Gasteiger partial charge >= 0.3 is 0 Å². The summed E-state index contributed by atoms with van der Waals surface area (Å²) >= 11 is 0. The van der Waals surface area contributed by atoms with E-state index in [0.717, 1.165) is 34.8 Å². The molecule has 2 N–H and O–H groups in total. The first-order valence-corrected chi connectivity index (χ1v) is 7.25. The highest BCUT2D eigenvalue weighted by atomic mass is 15.1. The van der Waals surface area contributed by atoms with E-state index in [0.29, 0.717) is 6.04 Å². The average molecular weight is 278 g/mol. The van der Waals surface area contributed by atoms with Gasteiger partial charge in [-0.25, -0.2) is 4.98 Å². The summed E-state index contributed by atoms with van der Waals surface area (Å²) in [6, 6.07) is 15.2. The van der Waals surface area contributed by atoms with Gasteiger partial charge in [0.05, 0.1) is 28.5 Å². The van der Waals surface area contributed by atoms with Crippen LogP contribution in [-0.4, -0.2) is 16.1 Å². The van der Waals surface area contributed by atoms with Crippen LogP contribution in [0.25, 0.3) is 11.0 Å². The van der Waals surface area contributed by atoms with Crippen LogP contribution >= 0.6 is 0 Å². The van der Waals surface area contributed by atoms with Crippen molar-refractivity contribution in [2.45, 2.75) is 13.0 Å². The maximum atomic E-state index is 4.59. The molecule has 4 nitrogen and oxygen atoms in total. The number of nitrogens with zero attached hydrogens (tertiary/aromatic N) is 2. The highest BCUT2D eigenvalue weighted by molar-refractivity contribution is 5.89. The van der Waals surface area contributed by atoms with Crippen molar-refractivity contribution in [1.29, 1.82) is 0 Å². The number of hydrogen-bond acceptors (Lipinski definition) is 3. The SMILES string of the molecule is Cc1nc2cc3c(cc2n1C)NC(c1ccccc1)CN3. The van der Waals surface area contributed by atoms with Crippen molar-refractivity contribution in [3.05, 3.63) is 53.9 Å². The van der Waals surface area contributed by atoms with E-state index < -0.39 is 0 Å². The molecule has 0 spiro atoms. The van der Waals surface area contributed by atoms with Gasteiger partial charge in [0.25, 0.3) is 0 Å². The molecule has 3 aromatic rings. The van der Waals surface area contributed by atoms with Crippen molar-refractivity contribution >= 4 is 22.4 Å². The molecule has 21 heavy (non-hydrogen) atoms. The summed E-state index contributed by atoms with van der Waals surface area (Å²) in [7, 11) is 2.06. The van der Waals surface area contributed by atoms with E-state index in [2.05, 4.69) is 69.7 Å². The normalized spacial score (nSPS) is 17.1. The van der Waals surface area contributed by atoms with Crippen LogP contribution in [0.3, 0.4) is 0 Å². The Morgan fingerprint density at radius 2 is 1.95 bits per heavy atom. The molecule has 4 heteroatoms. The fourth-order valence-corrected chi connectivity index (χ4v) is 2.96. The van der Waals surface area contributed by atoms with Gasteiger partial charge in [0.1, 0.15) is 5.82 Å². The third kappa shape index (κ3) is 1.95. The molecule has 2 heterocycles. The Balaban J connectivity index is 1.76. The molecule has 0 aliphatic carbocycles. The molecule has 0 radical (unpaired) electrons. The Labute approximate surface area is 123 Å². The van der Waals surface area contributed by atoms with Crippen LogP contribution in [0.4, 0.5) is 11.4 Å². The molecule has 1 aromatic heterocycles. The highest BCUT2D eigenvalue weighted by Gasteiger charge is 2.20. The molecule has 0 fully saturated rings. The number of hydrogen-bond donors (Lipinski definition) is 2. The predicted octanol–water partition coefficient (Wildman–Crippen LogP) is 3.46. The Morgan fingerprint density at radius 3 is 2.76 bits per heavy atom. The summed E-state index contributed by atoms with van der Waals surface area (Å²) in [4.78, 5) is 4.59. The molecule has 1 unspecified atom stereocenters. The minimum absolute atomic E-state index is 0.297. The first kappa shape index (κ1) is 12.3. The van der Waals surface area contributed by atoms with Gasteiger partial charge in [-0.05, 0) is 24.6 Å². The largest absolute Gasteiger partial charge is 0.381 e. The van der Waals surface area contributed by atoms with Gasteiger partial charge in [0.15, 0.2) is 0 Å². The number of imidazole rings is 1. The van der Waals surface area contributed by atoms with E-state index in [1.807, 2.05) is 6.92 Å². The Bertz CT molecular complexity index is 805. The topological polar surface area (TPSA) is 41.9 Å². The van der Waals surface area contributed by atoms with E-state index in [1.165, 1.54) is 5.56 Å². The van der Waals surface area contributed by atoms with Crippen LogP contribution in [0.15, 0.2) is 42.5 Å². The van der Waals surface area contributed by atoms with Gasteiger partial charge in [-0.1, -0.05) is 30.3 Å². The number of benzene rings is 2. The first-order chi connectivity index (χ1) is 10.2. The molecule has 1 aliphatic rings. The number of rotatable bonds is 1. The van der Waals surface area contributed by atoms with Gasteiger partial charge < -0.3 is 15.2 Å². The van der Waals surface area contributed by atoms with Crippen molar-refractivity contribution in [3.8, 4) is 0 Å². The molecule has 0 saturated heterocycles. The Hall–Kier alpha value is -2.49. The van der Waals surface area contributed by atoms with Crippen LogP contribution in [0.1, 0.15) is 17.4 Å². The fraction of sp³-hybridized carbons (Fsp3) is 0.235. The van der Waals surface area contributed by atoms with E-state index in [1.54, 1.807) is 0 Å². The summed E-state index contributed by atoms with van der Waals surface area (Å²) in [6.45, 7) is 2.92. The smallest absolute Gasteiger partial charge is 0.106 e. The van der Waals surface area contributed by atoms with Crippen LogP contribution in [0.5, 0.6) is 0 Å². The standard InChI is InChI=1S/C17H18N4/c1-11-19-15-8-13-14(9-17(15)21(11)2)20-16(10-18-13)12-6-4-3-5-7-12/h3-9,16,18,20H,10H2,1-2H3. The molecule has 106 valence electrons. The molecular formula is C17H18N4. The van der Waals surface area contributed by atoms with Crippen molar-refractivity contribution < 1.29 is 0 Å². The fourth-order valence-electron chi connectivity index (χ4n) is 2.96. The third-order valence-corrected chi connectivity index (χ3v) is 4.27. The Kier molecular flexibility index (Phi) is 2.64. The van der Waals surface area contributed by atoms with Gasteiger partial charge in [0.2, 0.25) is 0 Å². The quantitative estimate of drug-likeness (QED) is 0.716. The van der Waals surface area contributed by atoms with Gasteiger partial charge in [-0.2, -0.15) is 0 Å². The molecule has 1 aliphatic heterocycles. The third-order valence-electron chi connectivity index (χ3n) is 4.27. The highest BCUT2D eigenvalue weighted by Crippen LogP contribution is 2.34. The van der Waals surface area contributed by atoms with Crippen LogP contribution in [0, 0.1) is 6.92 Å². The second-order valence-electron chi connectivity index (χ2n) is 5.59. The minimum atomic E-state index is 0.297. The lowest BCUT2D eigenvalue weighted by atomic mass is 10.0. The molecular weight excluding hydrogens is 260 g/mol. The number of anilines is 2. The number of aryl methyl sites for hydroxylation is 2. The maximum absolute atomic E-state index is 4.59. The lowest BCUT2D eigenvalue weighted by molar-refractivity contribution is 0.804.